The van der Waals surface area contributed by atoms with Crippen LogP contribution in [0.1, 0.15) is 15.6 Å². The van der Waals surface area contributed by atoms with Gasteiger partial charge in [0.2, 0.25) is 0 Å². The van der Waals surface area contributed by atoms with E-state index in [0.717, 1.165) is 26.6 Å². The van der Waals surface area contributed by atoms with Gasteiger partial charge in [0.05, 0.1) is 24.0 Å². The van der Waals surface area contributed by atoms with Crippen molar-refractivity contribution >= 4 is 28.3 Å². The molecular weight excluding hydrogens is 286 g/mol. The molecule has 0 atom stereocenters. The molecule has 0 saturated carbocycles. The molecular formula is C15H15N3O2S. The van der Waals surface area contributed by atoms with Crippen LogP contribution < -0.4 is 5.32 Å². The number of carbonyl (C=O) groups is 1. The van der Waals surface area contributed by atoms with E-state index in [0.29, 0.717) is 13.1 Å². The molecule has 6 heteroatoms. The molecule has 0 aliphatic carbocycles. The number of fused-ring (bicyclic) bond motifs is 1. The first kappa shape index (κ1) is 13.8. The molecule has 0 unspecified atom stereocenters. The number of nitrogens with one attached hydrogen (secondary N) is 2. The van der Waals surface area contributed by atoms with Gasteiger partial charge in [-0.3, -0.25) is 4.79 Å². The van der Waals surface area contributed by atoms with Crippen molar-refractivity contribution in [2.45, 2.75) is 19.5 Å². The molecule has 0 saturated heterocycles. The number of imidazole rings is 1. The Labute approximate surface area is 125 Å². The van der Waals surface area contributed by atoms with E-state index in [1.54, 1.807) is 0 Å². The van der Waals surface area contributed by atoms with E-state index < -0.39 is 5.97 Å². The number of nitrogens with zero attached hydrogens (tertiary/aromatic N) is 1. The van der Waals surface area contributed by atoms with Crippen molar-refractivity contribution in [3.8, 4) is 0 Å². The van der Waals surface area contributed by atoms with Gasteiger partial charge in [-0.1, -0.05) is 12.1 Å². The van der Waals surface area contributed by atoms with Gasteiger partial charge in [0, 0.05) is 16.3 Å². The van der Waals surface area contributed by atoms with Crippen molar-refractivity contribution in [3.05, 3.63) is 52.0 Å². The minimum Gasteiger partial charge on any atom is -0.481 e. The Hall–Kier alpha value is -2.18. The van der Waals surface area contributed by atoms with E-state index in [1.165, 1.54) is 11.3 Å². The van der Waals surface area contributed by atoms with E-state index in [1.807, 2.05) is 36.4 Å². The van der Waals surface area contributed by atoms with Gasteiger partial charge in [-0.05, 0) is 24.3 Å². The van der Waals surface area contributed by atoms with Crippen LogP contribution >= 0.6 is 11.3 Å². The number of carboxylic acid groups (broad SMARTS) is 1. The highest BCUT2D eigenvalue weighted by molar-refractivity contribution is 7.12. The predicted octanol–water partition coefficient (Wildman–Crippen LogP) is 2.54. The molecule has 2 heterocycles. The zero-order valence-electron chi connectivity index (χ0n) is 11.3. The van der Waals surface area contributed by atoms with Crippen molar-refractivity contribution in [2.75, 3.05) is 0 Å². The third-order valence-electron chi connectivity index (χ3n) is 3.07. The van der Waals surface area contributed by atoms with Crippen LogP contribution in [0.4, 0.5) is 0 Å². The highest BCUT2D eigenvalue weighted by Gasteiger charge is 2.05. The van der Waals surface area contributed by atoms with Crippen LogP contribution in [0.15, 0.2) is 36.4 Å². The number of hydrogen-bond donors (Lipinski definition) is 3. The number of para-hydroxylation sites is 2. The Morgan fingerprint density at radius 3 is 2.81 bits per heavy atom. The Kier molecular flexibility index (Phi) is 3.98. The summed E-state index contributed by atoms with van der Waals surface area (Å²) in [4.78, 5) is 20.4. The summed E-state index contributed by atoms with van der Waals surface area (Å²) in [5, 5.41) is 12.1. The normalized spacial score (nSPS) is 11.0. The van der Waals surface area contributed by atoms with Crippen molar-refractivity contribution in [2.24, 2.45) is 0 Å². The number of aromatic amines is 1. The molecule has 3 aromatic rings. The molecule has 21 heavy (non-hydrogen) atoms. The van der Waals surface area contributed by atoms with Crippen molar-refractivity contribution < 1.29 is 9.90 Å². The van der Waals surface area contributed by atoms with E-state index in [-0.39, 0.29) is 6.42 Å². The zero-order valence-corrected chi connectivity index (χ0v) is 12.1. The molecule has 2 aromatic heterocycles. The standard InChI is InChI=1S/C15H15N3O2S/c19-15(20)7-10-5-6-11(21-10)8-16-9-14-17-12-3-1-2-4-13(12)18-14/h1-6,16H,7-9H2,(H,17,18)(H,19,20). The molecule has 0 bridgehead atoms. The first-order valence-electron chi connectivity index (χ1n) is 6.64. The lowest BCUT2D eigenvalue weighted by Crippen LogP contribution is -2.12. The van der Waals surface area contributed by atoms with E-state index in [2.05, 4.69) is 15.3 Å². The number of aromatic nitrogens is 2. The summed E-state index contributed by atoms with van der Waals surface area (Å²) in [6.45, 7) is 1.36. The Bertz CT molecular complexity index is 730. The van der Waals surface area contributed by atoms with Crippen molar-refractivity contribution in [1.29, 1.82) is 0 Å². The number of rotatable bonds is 6. The van der Waals surface area contributed by atoms with Crippen LogP contribution in [-0.2, 0) is 24.3 Å². The van der Waals surface area contributed by atoms with Gasteiger partial charge in [-0.15, -0.1) is 11.3 Å². The Morgan fingerprint density at radius 1 is 1.19 bits per heavy atom. The van der Waals surface area contributed by atoms with E-state index in [9.17, 15) is 4.79 Å². The van der Waals surface area contributed by atoms with Crippen LogP contribution in [0.25, 0.3) is 11.0 Å². The molecule has 3 N–H and O–H groups in total. The van der Waals surface area contributed by atoms with Gasteiger partial charge >= 0.3 is 5.97 Å². The monoisotopic (exact) mass is 301 g/mol. The van der Waals surface area contributed by atoms with Crippen molar-refractivity contribution in [3.63, 3.8) is 0 Å². The van der Waals surface area contributed by atoms with Crippen LogP contribution in [0.2, 0.25) is 0 Å². The minimum atomic E-state index is -0.793. The first-order valence-corrected chi connectivity index (χ1v) is 7.46. The molecule has 0 spiro atoms. The Morgan fingerprint density at radius 2 is 2.00 bits per heavy atom. The summed E-state index contributed by atoms with van der Waals surface area (Å²) in [5.41, 5.74) is 2.00. The van der Waals surface area contributed by atoms with Gasteiger partial charge in [0.1, 0.15) is 5.82 Å². The average molecular weight is 301 g/mol. The molecule has 108 valence electrons. The van der Waals surface area contributed by atoms with Gasteiger partial charge in [0.25, 0.3) is 0 Å². The number of hydrogen-bond acceptors (Lipinski definition) is 4. The summed E-state index contributed by atoms with van der Waals surface area (Å²) < 4.78 is 0. The summed E-state index contributed by atoms with van der Waals surface area (Å²) in [7, 11) is 0. The quantitative estimate of drug-likeness (QED) is 0.654. The van der Waals surface area contributed by atoms with E-state index in [4.69, 9.17) is 5.11 Å². The maximum Gasteiger partial charge on any atom is 0.308 e. The van der Waals surface area contributed by atoms with Gasteiger partial charge < -0.3 is 15.4 Å². The SMILES string of the molecule is O=C(O)Cc1ccc(CNCc2nc3ccccc3[nH]2)s1. The number of benzene rings is 1. The van der Waals surface area contributed by atoms with Gasteiger partial charge in [-0.2, -0.15) is 0 Å². The van der Waals surface area contributed by atoms with Crippen molar-refractivity contribution in [1.82, 2.24) is 15.3 Å². The van der Waals surface area contributed by atoms with Gasteiger partial charge in [0.15, 0.2) is 0 Å². The van der Waals surface area contributed by atoms with E-state index >= 15 is 0 Å². The highest BCUT2D eigenvalue weighted by atomic mass is 32.1. The fraction of sp³-hybridized carbons (Fsp3) is 0.200. The second kappa shape index (κ2) is 6.07. The summed E-state index contributed by atoms with van der Waals surface area (Å²) in [6.07, 6.45) is 0.0915. The molecule has 0 aliphatic heterocycles. The number of thiophene rings is 1. The van der Waals surface area contributed by atoms with Gasteiger partial charge in [-0.25, -0.2) is 4.98 Å². The fourth-order valence-electron chi connectivity index (χ4n) is 2.15. The molecule has 0 fully saturated rings. The lowest BCUT2D eigenvalue weighted by molar-refractivity contribution is -0.136. The number of H-pyrrole nitrogens is 1. The summed E-state index contributed by atoms with van der Waals surface area (Å²) in [6, 6.07) is 11.8. The Balaban J connectivity index is 1.55. The van der Waals surface area contributed by atoms with Crippen LogP contribution in [0.5, 0.6) is 0 Å². The first-order chi connectivity index (χ1) is 10.2. The topological polar surface area (TPSA) is 78.0 Å². The average Bonchev–Trinajstić information content (AvgIpc) is 3.04. The maximum absolute atomic E-state index is 10.6. The fourth-order valence-corrected chi connectivity index (χ4v) is 3.13. The number of aliphatic carboxylic acids is 1. The third-order valence-corrected chi connectivity index (χ3v) is 4.16. The largest absolute Gasteiger partial charge is 0.481 e. The van der Waals surface area contributed by atoms with Crippen LogP contribution in [0.3, 0.4) is 0 Å². The molecule has 0 aliphatic rings. The number of carboxylic acids is 1. The second-order valence-electron chi connectivity index (χ2n) is 4.74. The third kappa shape index (κ3) is 3.48. The van der Waals surface area contributed by atoms with Crippen LogP contribution in [-0.4, -0.2) is 21.0 Å². The second-order valence-corrected chi connectivity index (χ2v) is 6.00. The predicted molar refractivity (Wildman–Crippen MR) is 82.3 cm³/mol. The smallest absolute Gasteiger partial charge is 0.308 e. The lowest BCUT2D eigenvalue weighted by atomic mass is 10.3. The maximum atomic E-state index is 10.6. The molecule has 1 aromatic carbocycles. The zero-order chi connectivity index (χ0) is 14.7. The lowest BCUT2D eigenvalue weighted by Gasteiger charge is -1.99. The summed E-state index contributed by atoms with van der Waals surface area (Å²) >= 11 is 1.53. The minimum absolute atomic E-state index is 0.0915. The molecule has 3 rings (SSSR count). The molecule has 0 radical (unpaired) electrons. The summed E-state index contributed by atoms with van der Waals surface area (Å²) in [5.74, 6) is 0.108. The highest BCUT2D eigenvalue weighted by Crippen LogP contribution is 2.17. The molecule has 0 amide bonds. The van der Waals surface area contributed by atoms with Crippen LogP contribution in [0, 0.1) is 0 Å². The molecule has 5 nitrogen and oxygen atoms in total.